The predicted octanol–water partition coefficient (Wildman–Crippen LogP) is 3.28. The number of amides is 1. The molecule has 150 valence electrons. The van der Waals surface area contributed by atoms with E-state index in [9.17, 15) is 14.4 Å². The molecule has 0 saturated heterocycles. The first kappa shape index (κ1) is 20.1. The molecule has 0 unspecified atom stereocenters. The zero-order valence-corrected chi connectivity index (χ0v) is 16.3. The van der Waals surface area contributed by atoms with E-state index in [1.54, 1.807) is 56.5 Å². The van der Waals surface area contributed by atoms with Gasteiger partial charge < -0.3 is 19.8 Å². The van der Waals surface area contributed by atoms with E-state index in [4.69, 9.17) is 9.47 Å². The molecule has 0 spiro atoms. The molecule has 0 fully saturated rings. The quantitative estimate of drug-likeness (QED) is 0.600. The molecule has 0 aliphatic rings. The van der Waals surface area contributed by atoms with Gasteiger partial charge in [0.15, 0.2) is 0 Å². The molecule has 0 aliphatic carbocycles. The zero-order chi connectivity index (χ0) is 20.8. The van der Waals surface area contributed by atoms with Crippen LogP contribution in [0.15, 0.2) is 53.3 Å². The van der Waals surface area contributed by atoms with E-state index in [2.05, 4.69) is 10.3 Å². The third kappa shape index (κ3) is 4.82. The fraction of sp³-hybridized carbons (Fsp3) is 0.227. The van der Waals surface area contributed by atoms with Crippen LogP contribution in [0.25, 0.3) is 10.9 Å². The van der Waals surface area contributed by atoms with Crippen molar-refractivity contribution >= 4 is 28.5 Å². The number of fused-ring (bicyclic) bond motifs is 1. The van der Waals surface area contributed by atoms with Crippen molar-refractivity contribution in [2.45, 2.75) is 19.8 Å². The topological polar surface area (TPSA) is 97.5 Å². The second-order valence-corrected chi connectivity index (χ2v) is 6.39. The maximum Gasteiger partial charge on any atom is 0.340 e. The summed E-state index contributed by atoms with van der Waals surface area (Å²) in [7, 11) is 1.58. The van der Waals surface area contributed by atoms with Crippen LogP contribution in [0.3, 0.4) is 0 Å². The first-order valence-corrected chi connectivity index (χ1v) is 9.27. The Kier molecular flexibility index (Phi) is 6.29. The molecule has 1 amide bonds. The normalized spacial score (nSPS) is 10.6. The first-order chi connectivity index (χ1) is 14.0. The number of ether oxygens (including phenoxy) is 2. The van der Waals surface area contributed by atoms with Gasteiger partial charge in [-0.1, -0.05) is 12.1 Å². The number of methoxy groups -OCH3 is 1. The number of H-pyrrole nitrogens is 1. The molecule has 1 heterocycles. The summed E-state index contributed by atoms with van der Waals surface area (Å²) in [6.45, 7) is 1.96. The molecule has 0 aliphatic heterocycles. The van der Waals surface area contributed by atoms with E-state index < -0.39 is 5.97 Å². The number of aromatic nitrogens is 1. The summed E-state index contributed by atoms with van der Waals surface area (Å²) in [4.78, 5) is 39.5. The van der Waals surface area contributed by atoms with E-state index in [0.29, 0.717) is 28.1 Å². The summed E-state index contributed by atoms with van der Waals surface area (Å²) in [5.41, 5.74) is 1.64. The second-order valence-electron chi connectivity index (χ2n) is 6.39. The summed E-state index contributed by atoms with van der Waals surface area (Å²) < 4.78 is 10.2. The van der Waals surface area contributed by atoms with Gasteiger partial charge in [-0.15, -0.1) is 0 Å². The van der Waals surface area contributed by atoms with Crippen molar-refractivity contribution in [3.05, 3.63) is 70.0 Å². The minimum Gasteiger partial charge on any atom is -0.497 e. The van der Waals surface area contributed by atoms with Gasteiger partial charge in [-0.25, -0.2) is 4.79 Å². The zero-order valence-electron chi connectivity index (χ0n) is 16.3. The van der Waals surface area contributed by atoms with Gasteiger partial charge in [0.2, 0.25) is 5.91 Å². The third-order valence-electron chi connectivity index (χ3n) is 4.45. The maximum atomic E-state index is 12.4. The van der Waals surface area contributed by atoms with Gasteiger partial charge in [0.25, 0.3) is 5.56 Å². The van der Waals surface area contributed by atoms with Crippen molar-refractivity contribution in [1.29, 1.82) is 0 Å². The number of nitrogens with one attached hydrogen (secondary N) is 2. The molecule has 7 heteroatoms. The van der Waals surface area contributed by atoms with Crippen LogP contribution in [-0.2, 0) is 16.0 Å². The fourth-order valence-electron chi connectivity index (χ4n) is 2.98. The largest absolute Gasteiger partial charge is 0.497 e. The molecule has 2 aromatic carbocycles. The summed E-state index contributed by atoms with van der Waals surface area (Å²) in [5, 5.41) is 3.55. The molecule has 0 saturated carbocycles. The lowest BCUT2D eigenvalue weighted by atomic mass is 10.1. The van der Waals surface area contributed by atoms with Gasteiger partial charge in [-0.2, -0.15) is 0 Å². The van der Waals surface area contributed by atoms with Crippen molar-refractivity contribution < 1.29 is 19.1 Å². The molecule has 3 aromatic rings. The number of hydrogen-bond acceptors (Lipinski definition) is 5. The van der Waals surface area contributed by atoms with Gasteiger partial charge in [0.1, 0.15) is 5.75 Å². The molecular formula is C22H22N2O5. The van der Waals surface area contributed by atoms with E-state index in [0.717, 1.165) is 5.39 Å². The number of rotatable bonds is 7. The number of carbonyl (C=O) groups excluding carboxylic acids is 2. The lowest BCUT2D eigenvalue weighted by Crippen LogP contribution is -2.18. The number of carbonyl (C=O) groups is 2. The van der Waals surface area contributed by atoms with Gasteiger partial charge in [-0.05, 0) is 49.7 Å². The van der Waals surface area contributed by atoms with Crippen LogP contribution in [0.2, 0.25) is 0 Å². The highest BCUT2D eigenvalue weighted by Gasteiger charge is 2.14. The van der Waals surface area contributed by atoms with Crippen molar-refractivity contribution in [2.75, 3.05) is 19.0 Å². The Labute approximate surface area is 167 Å². The molecule has 2 N–H and O–H groups in total. The predicted molar refractivity (Wildman–Crippen MR) is 110 cm³/mol. The Morgan fingerprint density at radius 2 is 1.90 bits per heavy atom. The number of aryl methyl sites for hydroxylation is 1. The Balaban J connectivity index is 1.72. The van der Waals surface area contributed by atoms with Crippen LogP contribution in [0.1, 0.15) is 29.3 Å². The highest BCUT2D eigenvalue weighted by atomic mass is 16.5. The van der Waals surface area contributed by atoms with Crippen molar-refractivity contribution in [2.24, 2.45) is 0 Å². The van der Waals surface area contributed by atoms with E-state index in [-0.39, 0.29) is 30.9 Å². The van der Waals surface area contributed by atoms with E-state index in [1.807, 2.05) is 6.07 Å². The molecule has 7 nitrogen and oxygen atoms in total. The minimum absolute atomic E-state index is 0.0930. The molecule has 3 rings (SSSR count). The smallest absolute Gasteiger partial charge is 0.340 e. The number of pyridine rings is 1. The van der Waals surface area contributed by atoms with Gasteiger partial charge in [0.05, 0.1) is 25.0 Å². The number of benzene rings is 2. The summed E-state index contributed by atoms with van der Waals surface area (Å²) in [5.74, 6) is -0.112. The molecule has 0 atom stereocenters. The third-order valence-corrected chi connectivity index (χ3v) is 4.45. The summed E-state index contributed by atoms with van der Waals surface area (Å²) in [6, 6.07) is 13.8. The summed E-state index contributed by atoms with van der Waals surface area (Å²) in [6.07, 6.45) is 0.353. The van der Waals surface area contributed by atoms with Gasteiger partial charge in [-0.3, -0.25) is 9.59 Å². The standard InChI is InChI=1S/C22H22N2O5/c1-3-29-22(27)17-6-4-5-7-19(17)23-20(25)11-8-14-12-15-13-16(28-2)9-10-18(15)24-21(14)26/h4-7,9-10,12-13H,3,8,11H2,1-2H3,(H,23,25)(H,24,26). The molecular weight excluding hydrogens is 372 g/mol. The SMILES string of the molecule is CCOC(=O)c1ccccc1NC(=O)CCc1cc2cc(OC)ccc2[nH]c1=O. The van der Waals surface area contributed by atoms with Crippen molar-refractivity contribution in [1.82, 2.24) is 4.98 Å². The van der Waals surface area contributed by atoms with Crippen LogP contribution in [0, 0.1) is 0 Å². The first-order valence-electron chi connectivity index (χ1n) is 9.27. The number of esters is 1. The Hall–Kier alpha value is -3.61. The highest BCUT2D eigenvalue weighted by Crippen LogP contribution is 2.20. The van der Waals surface area contributed by atoms with Crippen LogP contribution in [-0.4, -0.2) is 30.6 Å². The van der Waals surface area contributed by atoms with Crippen LogP contribution in [0.4, 0.5) is 5.69 Å². The maximum absolute atomic E-state index is 12.4. The van der Waals surface area contributed by atoms with Gasteiger partial charge in [0, 0.05) is 22.9 Å². The highest BCUT2D eigenvalue weighted by molar-refractivity contribution is 6.01. The number of aromatic amines is 1. The van der Waals surface area contributed by atoms with Crippen molar-refractivity contribution in [3.8, 4) is 5.75 Å². The molecule has 29 heavy (non-hydrogen) atoms. The van der Waals surface area contributed by atoms with E-state index >= 15 is 0 Å². The molecule has 0 radical (unpaired) electrons. The minimum atomic E-state index is -0.497. The molecule has 1 aromatic heterocycles. The van der Waals surface area contributed by atoms with E-state index in [1.165, 1.54) is 0 Å². The second kappa shape index (κ2) is 9.05. The lowest BCUT2D eigenvalue weighted by Gasteiger charge is -2.10. The number of para-hydroxylation sites is 1. The fourth-order valence-corrected chi connectivity index (χ4v) is 2.98. The lowest BCUT2D eigenvalue weighted by molar-refractivity contribution is -0.116. The van der Waals surface area contributed by atoms with Crippen molar-refractivity contribution in [3.63, 3.8) is 0 Å². The average Bonchev–Trinajstić information content (AvgIpc) is 2.72. The Morgan fingerprint density at radius 3 is 2.66 bits per heavy atom. The molecule has 0 bridgehead atoms. The van der Waals surface area contributed by atoms with Gasteiger partial charge >= 0.3 is 5.97 Å². The van der Waals surface area contributed by atoms with Crippen LogP contribution >= 0.6 is 0 Å². The monoisotopic (exact) mass is 394 g/mol. The summed E-state index contributed by atoms with van der Waals surface area (Å²) >= 11 is 0. The number of hydrogen-bond donors (Lipinski definition) is 2. The Bertz CT molecular complexity index is 1100. The Morgan fingerprint density at radius 1 is 1.10 bits per heavy atom. The van der Waals surface area contributed by atoms with Crippen LogP contribution < -0.4 is 15.6 Å². The average molecular weight is 394 g/mol. The number of anilines is 1. The van der Waals surface area contributed by atoms with Crippen LogP contribution in [0.5, 0.6) is 5.75 Å².